The minimum absolute atomic E-state index is 0.160. The second-order valence-electron chi connectivity index (χ2n) is 7.20. The maximum Gasteiger partial charge on any atom is 0.253 e. The van der Waals surface area contributed by atoms with Gasteiger partial charge in [-0.2, -0.15) is 0 Å². The fourth-order valence-corrected chi connectivity index (χ4v) is 2.48. The third-order valence-electron chi connectivity index (χ3n) is 3.63. The summed E-state index contributed by atoms with van der Waals surface area (Å²) >= 11 is 0. The van der Waals surface area contributed by atoms with Gasteiger partial charge < -0.3 is 15.4 Å². The van der Waals surface area contributed by atoms with Crippen LogP contribution in [0, 0.1) is 0 Å². The van der Waals surface area contributed by atoms with Crippen LogP contribution in [0.1, 0.15) is 31.1 Å². The van der Waals surface area contributed by atoms with Crippen LogP contribution in [-0.4, -0.2) is 16.4 Å². The second-order valence-corrected chi connectivity index (χ2v) is 7.20. The summed E-state index contributed by atoms with van der Waals surface area (Å²) in [6, 6.07) is 19.0. The van der Waals surface area contributed by atoms with Crippen molar-refractivity contribution in [1.29, 1.82) is 0 Å². The van der Waals surface area contributed by atoms with E-state index < -0.39 is 0 Å². The first-order chi connectivity index (χ1) is 12.9. The van der Waals surface area contributed by atoms with Gasteiger partial charge in [0.15, 0.2) is 5.75 Å². The molecule has 1 heterocycles. The molecular weight excluding hydrogens is 338 g/mol. The number of ether oxygens (including phenoxy) is 1. The van der Waals surface area contributed by atoms with Crippen molar-refractivity contribution in [2.75, 3.05) is 5.32 Å². The monoisotopic (exact) mass is 361 g/mol. The molecule has 0 aliphatic rings. The van der Waals surface area contributed by atoms with Gasteiger partial charge in [0.2, 0.25) is 0 Å². The predicted octanol–water partition coefficient (Wildman–Crippen LogP) is 5.15. The van der Waals surface area contributed by atoms with Gasteiger partial charge in [-0.25, -0.2) is 0 Å². The van der Waals surface area contributed by atoms with E-state index in [0.29, 0.717) is 17.0 Å². The Kier molecular flexibility index (Phi) is 5.41. The van der Waals surface area contributed by atoms with Gasteiger partial charge in [-0.3, -0.25) is 9.78 Å². The molecule has 0 fully saturated rings. The fourth-order valence-electron chi connectivity index (χ4n) is 2.48. The van der Waals surface area contributed by atoms with Crippen LogP contribution in [0.5, 0.6) is 11.5 Å². The lowest BCUT2D eigenvalue weighted by atomic mass is 10.1. The molecule has 2 aromatic carbocycles. The molecule has 1 aromatic heterocycles. The zero-order valence-electron chi connectivity index (χ0n) is 15.7. The number of pyridine rings is 1. The van der Waals surface area contributed by atoms with Gasteiger partial charge in [0.1, 0.15) is 5.75 Å². The molecule has 0 aliphatic heterocycles. The first-order valence-corrected chi connectivity index (χ1v) is 8.77. The maximum atomic E-state index is 12.4. The predicted molar refractivity (Wildman–Crippen MR) is 108 cm³/mol. The number of nitrogens with one attached hydrogen (secondary N) is 2. The first kappa shape index (κ1) is 18.5. The summed E-state index contributed by atoms with van der Waals surface area (Å²) in [4.78, 5) is 16.6. The summed E-state index contributed by atoms with van der Waals surface area (Å²) in [5.74, 6) is 1.28. The van der Waals surface area contributed by atoms with E-state index in [9.17, 15) is 4.79 Å². The number of benzene rings is 2. The molecule has 0 aliphatic carbocycles. The summed E-state index contributed by atoms with van der Waals surface area (Å²) < 4.78 is 5.96. The van der Waals surface area contributed by atoms with E-state index >= 15 is 0 Å². The van der Waals surface area contributed by atoms with Crippen molar-refractivity contribution in [3.63, 3.8) is 0 Å². The number of hydrogen-bond acceptors (Lipinski definition) is 4. The van der Waals surface area contributed by atoms with Gasteiger partial charge in [0, 0.05) is 11.7 Å². The molecular formula is C22H23N3O2. The number of anilines is 2. The normalized spacial score (nSPS) is 10.9. The third-order valence-corrected chi connectivity index (χ3v) is 3.63. The number of amides is 1. The summed E-state index contributed by atoms with van der Waals surface area (Å²) in [6.45, 7) is 5.83. The number of hydrogen-bond donors (Lipinski definition) is 2. The highest BCUT2D eigenvalue weighted by Crippen LogP contribution is 2.31. The van der Waals surface area contributed by atoms with Crippen LogP contribution in [0.3, 0.4) is 0 Å². The number of rotatable bonds is 5. The molecule has 0 saturated carbocycles. The van der Waals surface area contributed by atoms with Crippen LogP contribution in [0.4, 0.5) is 11.4 Å². The first-order valence-electron chi connectivity index (χ1n) is 8.77. The van der Waals surface area contributed by atoms with Crippen LogP contribution in [0.2, 0.25) is 0 Å². The number of carbonyl (C=O) groups is 1. The zero-order chi connectivity index (χ0) is 19.3. The Morgan fingerprint density at radius 2 is 1.67 bits per heavy atom. The number of aromatic nitrogens is 1. The average molecular weight is 361 g/mol. The smallest absolute Gasteiger partial charge is 0.253 e. The molecule has 2 N–H and O–H groups in total. The van der Waals surface area contributed by atoms with Crippen LogP contribution in [0.25, 0.3) is 0 Å². The van der Waals surface area contributed by atoms with Gasteiger partial charge in [-0.05, 0) is 51.1 Å². The van der Waals surface area contributed by atoms with E-state index in [2.05, 4.69) is 15.6 Å². The zero-order valence-corrected chi connectivity index (χ0v) is 15.7. The Hall–Kier alpha value is -3.34. The van der Waals surface area contributed by atoms with E-state index in [4.69, 9.17) is 4.74 Å². The molecule has 1 amide bonds. The van der Waals surface area contributed by atoms with E-state index in [1.54, 1.807) is 18.5 Å². The molecule has 0 saturated heterocycles. The van der Waals surface area contributed by atoms with Gasteiger partial charge in [-0.1, -0.05) is 30.3 Å². The minimum Gasteiger partial charge on any atom is -0.455 e. The summed E-state index contributed by atoms with van der Waals surface area (Å²) in [5, 5.41) is 6.22. The Labute approximate surface area is 159 Å². The van der Waals surface area contributed by atoms with E-state index in [-0.39, 0.29) is 11.4 Å². The van der Waals surface area contributed by atoms with Gasteiger partial charge in [0.25, 0.3) is 5.91 Å². The van der Waals surface area contributed by atoms with Crippen LogP contribution >= 0.6 is 0 Å². The summed E-state index contributed by atoms with van der Waals surface area (Å²) in [7, 11) is 0. The SMILES string of the molecule is CC(C)(C)NC(=O)c1cncc(Nc2ccccc2Oc2ccccc2)c1. The van der Waals surface area contributed by atoms with Crippen LogP contribution in [-0.2, 0) is 0 Å². The number of para-hydroxylation sites is 3. The molecule has 5 heteroatoms. The molecule has 3 rings (SSSR count). The minimum atomic E-state index is -0.309. The Bertz CT molecular complexity index is 918. The lowest BCUT2D eigenvalue weighted by Crippen LogP contribution is -2.40. The lowest BCUT2D eigenvalue weighted by molar-refractivity contribution is 0.0919. The van der Waals surface area contributed by atoms with Crippen molar-refractivity contribution in [3.8, 4) is 11.5 Å². The van der Waals surface area contributed by atoms with Crippen LogP contribution < -0.4 is 15.4 Å². The summed E-state index contributed by atoms with van der Waals surface area (Å²) in [5.41, 5.74) is 1.69. The Balaban J connectivity index is 1.80. The Morgan fingerprint density at radius 1 is 0.963 bits per heavy atom. The van der Waals surface area contributed by atoms with Gasteiger partial charge in [-0.15, -0.1) is 0 Å². The molecule has 0 spiro atoms. The van der Waals surface area contributed by atoms with Gasteiger partial charge >= 0.3 is 0 Å². The van der Waals surface area contributed by atoms with Crippen LogP contribution in [0.15, 0.2) is 73.1 Å². The highest BCUT2D eigenvalue weighted by atomic mass is 16.5. The molecule has 0 bridgehead atoms. The van der Waals surface area contributed by atoms with Crippen molar-refractivity contribution < 1.29 is 9.53 Å². The fraction of sp³-hybridized carbons (Fsp3) is 0.182. The van der Waals surface area contributed by atoms with E-state index in [0.717, 1.165) is 11.4 Å². The number of nitrogens with zero attached hydrogens (tertiary/aromatic N) is 1. The summed E-state index contributed by atoms with van der Waals surface area (Å²) in [6.07, 6.45) is 3.23. The molecule has 5 nitrogen and oxygen atoms in total. The van der Waals surface area contributed by atoms with Crippen molar-refractivity contribution in [2.24, 2.45) is 0 Å². The molecule has 0 unspecified atom stereocenters. The molecule has 0 radical (unpaired) electrons. The van der Waals surface area contributed by atoms with E-state index in [1.165, 1.54) is 0 Å². The lowest BCUT2D eigenvalue weighted by Gasteiger charge is -2.20. The standard InChI is InChI=1S/C22H23N3O2/c1-22(2,3)25-21(26)16-13-17(15-23-14-16)24-19-11-7-8-12-20(19)27-18-9-5-4-6-10-18/h4-15,24H,1-3H3,(H,25,26). The van der Waals surface area contributed by atoms with Crippen molar-refractivity contribution in [3.05, 3.63) is 78.6 Å². The van der Waals surface area contributed by atoms with Crippen molar-refractivity contribution in [2.45, 2.75) is 26.3 Å². The highest BCUT2D eigenvalue weighted by Gasteiger charge is 2.16. The van der Waals surface area contributed by atoms with Crippen molar-refractivity contribution >= 4 is 17.3 Å². The average Bonchev–Trinajstić information content (AvgIpc) is 2.63. The second kappa shape index (κ2) is 7.91. The topological polar surface area (TPSA) is 63.2 Å². The maximum absolute atomic E-state index is 12.4. The third kappa shape index (κ3) is 5.31. The molecule has 138 valence electrons. The molecule has 0 atom stereocenters. The molecule has 3 aromatic rings. The van der Waals surface area contributed by atoms with E-state index in [1.807, 2.05) is 75.4 Å². The highest BCUT2D eigenvalue weighted by molar-refractivity contribution is 5.95. The van der Waals surface area contributed by atoms with Crippen molar-refractivity contribution in [1.82, 2.24) is 10.3 Å². The molecule has 27 heavy (non-hydrogen) atoms. The Morgan fingerprint density at radius 3 is 2.41 bits per heavy atom. The van der Waals surface area contributed by atoms with Gasteiger partial charge in [0.05, 0.1) is 23.1 Å². The number of carbonyl (C=O) groups excluding carboxylic acids is 1. The quantitative estimate of drug-likeness (QED) is 0.660. The largest absolute Gasteiger partial charge is 0.455 e.